The first-order valence-electron chi connectivity index (χ1n) is 5.34. The molecule has 0 radical (unpaired) electrons. The van der Waals surface area contributed by atoms with Gasteiger partial charge in [0.1, 0.15) is 18.1 Å². The van der Waals surface area contributed by atoms with Gasteiger partial charge in [0.05, 0.1) is 11.3 Å². The second-order valence-electron chi connectivity index (χ2n) is 3.85. The first-order valence-corrected chi connectivity index (χ1v) is 5.72. The summed E-state index contributed by atoms with van der Waals surface area (Å²) in [5, 5.41) is 0.598. The molecule has 90 valence electrons. The van der Waals surface area contributed by atoms with Crippen LogP contribution in [0.2, 0.25) is 5.02 Å². The number of hydrogen-bond acceptors (Lipinski definition) is 3. The van der Waals surface area contributed by atoms with Crippen LogP contribution in [0.25, 0.3) is 0 Å². The van der Waals surface area contributed by atoms with Crippen LogP contribution in [0, 0.1) is 6.92 Å². The van der Waals surface area contributed by atoms with Gasteiger partial charge in [-0.25, -0.2) is 0 Å². The maximum atomic E-state index is 6.02. The molecule has 0 aliphatic carbocycles. The highest BCUT2D eigenvalue weighted by Gasteiger charge is 2.05. The van der Waals surface area contributed by atoms with Crippen molar-refractivity contribution in [2.45, 2.75) is 20.1 Å². The summed E-state index contributed by atoms with van der Waals surface area (Å²) in [6.45, 7) is 2.81. The van der Waals surface area contributed by atoms with Crippen LogP contribution in [0.3, 0.4) is 0 Å². The normalized spacial score (nSPS) is 10.5. The fourth-order valence-electron chi connectivity index (χ4n) is 1.48. The minimum atomic E-state index is 0.350. The van der Waals surface area contributed by atoms with Gasteiger partial charge in [-0.15, -0.1) is 0 Å². The molecule has 17 heavy (non-hydrogen) atoms. The lowest BCUT2D eigenvalue weighted by Gasteiger charge is -2.06. The van der Waals surface area contributed by atoms with Gasteiger partial charge in [-0.3, -0.25) is 0 Å². The van der Waals surface area contributed by atoms with Crippen molar-refractivity contribution in [3.05, 3.63) is 52.4 Å². The van der Waals surface area contributed by atoms with Gasteiger partial charge in [-0.1, -0.05) is 17.7 Å². The number of furan rings is 1. The summed E-state index contributed by atoms with van der Waals surface area (Å²) in [7, 11) is 0. The Balaban J connectivity index is 2.04. The Kier molecular flexibility index (Phi) is 3.71. The number of nitrogens with two attached hydrogens (primary N) is 1. The first kappa shape index (κ1) is 12.0. The molecule has 3 nitrogen and oxygen atoms in total. The van der Waals surface area contributed by atoms with Crippen LogP contribution in [0.15, 0.2) is 34.9 Å². The molecule has 0 saturated heterocycles. The highest BCUT2D eigenvalue weighted by atomic mass is 35.5. The quantitative estimate of drug-likeness (QED) is 0.907. The monoisotopic (exact) mass is 251 g/mol. The van der Waals surface area contributed by atoms with E-state index in [0.29, 0.717) is 23.9 Å². The van der Waals surface area contributed by atoms with Gasteiger partial charge < -0.3 is 14.9 Å². The zero-order valence-corrected chi connectivity index (χ0v) is 10.3. The Morgan fingerprint density at radius 1 is 1.35 bits per heavy atom. The van der Waals surface area contributed by atoms with Crippen LogP contribution in [0.5, 0.6) is 5.75 Å². The molecule has 2 N–H and O–H groups in total. The molecule has 2 rings (SSSR count). The fraction of sp³-hybridized carbons (Fsp3) is 0.231. The van der Waals surface area contributed by atoms with Crippen LogP contribution in [0.1, 0.15) is 16.9 Å². The third-order valence-corrected chi connectivity index (χ3v) is 2.71. The van der Waals surface area contributed by atoms with Crippen molar-refractivity contribution in [2.75, 3.05) is 0 Å². The molecule has 0 saturated carbocycles. The van der Waals surface area contributed by atoms with Crippen LogP contribution in [0.4, 0.5) is 0 Å². The molecule has 1 aromatic carbocycles. The van der Waals surface area contributed by atoms with E-state index < -0.39 is 0 Å². The second kappa shape index (κ2) is 5.25. The molecule has 0 aliphatic rings. The van der Waals surface area contributed by atoms with E-state index in [1.165, 1.54) is 0 Å². The summed E-state index contributed by atoms with van der Waals surface area (Å²) in [4.78, 5) is 0. The van der Waals surface area contributed by atoms with Gasteiger partial charge in [0.15, 0.2) is 0 Å². The predicted octanol–water partition coefficient (Wildman–Crippen LogP) is 3.28. The molecule has 0 unspecified atom stereocenters. The Labute approximate surface area is 105 Å². The lowest BCUT2D eigenvalue weighted by molar-refractivity contribution is 0.270. The average Bonchev–Trinajstić information content (AvgIpc) is 2.78. The molecule has 0 atom stereocenters. The zero-order valence-electron chi connectivity index (χ0n) is 9.57. The molecular formula is C13H14ClNO2. The largest absolute Gasteiger partial charge is 0.484 e. The Bertz CT molecular complexity index is 508. The van der Waals surface area contributed by atoms with Gasteiger partial charge in [0.25, 0.3) is 0 Å². The number of ether oxygens (including phenoxy) is 1. The first-order chi connectivity index (χ1) is 8.19. The van der Waals surface area contributed by atoms with Crippen molar-refractivity contribution in [1.82, 2.24) is 0 Å². The van der Waals surface area contributed by atoms with E-state index in [-0.39, 0.29) is 0 Å². The minimum Gasteiger partial charge on any atom is -0.484 e. The summed E-state index contributed by atoms with van der Waals surface area (Å²) in [6.07, 6.45) is 1.64. The molecule has 0 spiro atoms. The van der Waals surface area contributed by atoms with E-state index in [1.54, 1.807) is 6.26 Å². The summed E-state index contributed by atoms with van der Waals surface area (Å²) in [5.74, 6) is 1.40. The van der Waals surface area contributed by atoms with Gasteiger partial charge in [0.2, 0.25) is 0 Å². The molecule has 0 bridgehead atoms. The van der Waals surface area contributed by atoms with Crippen LogP contribution >= 0.6 is 11.6 Å². The smallest absolute Gasteiger partial charge is 0.146 e. The van der Waals surface area contributed by atoms with E-state index in [9.17, 15) is 0 Å². The molecule has 2 aromatic rings. The predicted molar refractivity (Wildman–Crippen MR) is 67.1 cm³/mol. The van der Waals surface area contributed by atoms with Crippen molar-refractivity contribution in [3.63, 3.8) is 0 Å². The van der Waals surface area contributed by atoms with Crippen molar-refractivity contribution >= 4 is 11.6 Å². The number of aryl methyl sites for hydroxylation is 1. The average molecular weight is 252 g/mol. The second-order valence-corrected chi connectivity index (χ2v) is 4.26. The van der Waals surface area contributed by atoms with Crippen LogP contribution in [-0.2, 0) is 13.2 Å². The number of benzene rings is 1. The van der Waals surface area contributed by atoms with Gasteiger partial charge in [0, 0.05) is 12.1 Å². The summed E-state index contributed by atoms with van der Waals surface area (Å²) < 4.78 is 10.9. The SMILES string of the molecule is Cc1ccc(Cl)c(OCc2cc(CN)co2)c1. The highest BCUT2D eigenvalue weighted by Crippen LogP contribution is 2.26. The van der Waals surface area contributed by atoms with E-state index in [1.807, 2.05) is 31.2 Å². The standard InChI is InChI=1S/C13H14ClNO2/c1-9-2-3-12(14)13(4-9)17-8-11-5-10(6-15)7-16-11/h2-5,7H,6,8,15H2,1H3. The van der Waals surface area contributed by atoms with Gasteiger partial charge in [-0.2, -0.15) is 0 Å². The van der Waals surface area contributed by atoms with Crippen molar-refractivity contribution in [1.29, 1.82) is 0 Å². The molecule has 0 aliphatic heterocycles. The third-order valence-electron chi connectivity index (χ3n) is 2.40. The maximum Gasteiger partial charge on any atom is 0.146 e. The minimum absolute atomic E-state index is 0.350. The number of rotatable bonds is 4. The summed E-state index contributed by atoms with van der Waals surface area (Å²) in [5.41, 5.74) is 7.55. The molecule has 0 amide bonds. The van der Waals surface area contributed by atoms with E-state index in [0.717, 1.165) is 16.9 Å². The Morgan fingerprint density at radius 3 is 2.88 bits per heavy atom. The molecule has 1 aromatic heterocycles. The fourth-order valence-corrected chi connectivity index (χ4v) is 1.65. The third kappa shape index (κ3) is 3.02. The highest BCUT2D eigenvalue weighted by molar-refractivity contribution is 6.32. The molecule has 4 heteroatoms. The van der Waals surface area contributed by atoms with Crippen molar-refractivity contribution in [3.8, 4) is 5.75 Å². The topological polar surface area (TPSA) is 48.4 Å². The molecule has 0 fully saturated rings. The summed E-state index contributed by atoms with van der Waals surface area (Å²) in [6, 6.07) is 7.53. The van der Waals surface area contributed by atoms with Crippen LogP contribution in [-0.4, -0.2) is 0 Å². The molecular weight excluding hydrogens is 238 g/mol. The lowest BCUT2D eigenvalue weighted by atomic mass is 10.2. The van der Waals surface area contributed by atoms with Crippen LogP contribution < -0.4 is 10.5 Å². The van der Waals surface area contributed by atoms with Crippen molar-refractivity contribution < 1.29 is 9.15 Å². The Morgan fingerprint density at radius 2 is 2.18 bits per heavy atom. The lowest BCUT2D eigenvalue weighted by Crippen LogP contribution is -1.96. The number of halogens is 1. The Hall–Kier alpha value is -1.45. The van der Waals surface area contributed by atoms with E-state index in [4.69, 9.17) is 26.5 Å². The zero-order chi connectivity index (χ0) is 12.3. The van der Waals surface area contributed by atoms with Crippen molar-refractivity contribution in [2.24, 2.45) is 5.73 Å². The van der Waals surface area contributed by atoms with Gasteiger partial charge in [-0.05, 0) is 30.7 Å². The van der Waals surface area contributed by atoms with E-state index in [2.05, 4.69) is 0 Å². The van der Waals surface area contributed by atoms with E-state index >= 15 is 0 Å². The number of hydrogen-bond donors (Lipinski definition) is 1. The summed E-state index contributed by atoms with van der Waals surface area (Å²) >= 11 is 6.02. The van der Waals surface area contributed by atoms with Gasteiger partial charge >= 0.3 is 0 Å². The molecule has 1 heterocycles. The maximum absolute atomic E-state index is 6.02.